The fourth-order valence-corrected chi connectivity index (χ4v) is 4.68. The molecule has 0 atom stereocenters. The molecule has 170 valence electrons. The van der Waals surface area contributed by atoms with Crippen molar-refractivity contribution in [2.45, 2.75) is 51.1 Å². The second-order valence-corrected chi connectivity index (χ2v) is 8.48. The lowest BCUT2D eigenvalue weighted by Crippen LogP contribution is -2.34. The van der Waals surface area contributed by atoms with Crippen LogP contribution in [0.2, 0.25) is 0 Å². The number of fused-ring (bicyclic) bond motifs is 4. The Labute approximate surface area is 190 Å². The average molecular weight is 460 g/mol. The van der Waals surface area contributed by atoms with Gasteiger partial charge in [-0.2, -0.15) is 0 Å². The van der Waals surface area contributed by atoms with Crippen LogP contribution in [-0.4, -0.2) is 32.0 Å². The van der Waals surface area contributed by atoms with Gasteiger partial charge in [0.05, 0.1) is 5.69 Å². The predicted octanol–water partition coefficient (Wildman–Crippen LogP) is 3.85. The van der Waals surface area contributed by atoms with Crippen LogP contribution in [0.1, 0.15) is 42.5 Å². The van der Waals surface area contributed by atoms with Gasteiger partial charge >= 0.3 is 6.16 Å². The Balaban J connectivity index is 0.00000245. The Morgan fingerprint density at radius 2 is 2.03 bits per heavy atom. The number of halogens is 1. The van der Waals surface area contributed by atoms with E-state index >= 15 is 0 Å². The SMILES string of the molecule is Cl.Cn1c(CNC2CCC2)cc2cc3c(cc21)CCCc1c-3[nH]c(=O)c(OC(=O)O)c1O. The van der Waals surface area contributed by atoms with Gasteiger partial charge in [0.15, 0.2) is 5.75 Å². The summed E-state index contributed by atoms with van der Waals surface area (Å²) in [6, 6.07) is 6.97. The fourth-order valence-electron chi connectivity index (χ4n) is 4.68. The van der Waals surface area contributed by atoms with Gasteiger partial charge in [-0.1, -0.05) is 6.42 Å². The van der Waals surface area contributed by atoms with Crippen molar-refractivity contribution in [2.75, 3.05) is 0 Å². The fraction of sp³-hybridized carbons (Fsp3) is 0.391. The number of aryl methyl sites for hydroxylation is 2. The quantitative estimate of drug-likeness (QED) is 0.440. The van der Waals surface area contributed by atoms with E-state index in [2.05, 4.69) is 44.9 Å². The monoisotopic (exact) mass is 459 g/mol. The molecule has 2 heterocycles. The number of aromatic amines is 1. The van der Waals surface area contributed by atoms with Crippen LogP contribution in [0, 0.1) is 0 Å². The molecule has 2 aliphatic carbocycles. The number of benzene rings is 1. The van der Waals surface area contributed by atoms with E-state index in [0.29, 0.717) is 23.7 Å². The Morgan fingerprint density at radius 1 is 1.25 bits per heavy atom. The normalized spacial score (nSPS) is 15.3. The van der Waals surface area contributed by atoms with E-state index in [4.69, 9.17) is 5.11 Å². The number of hydrogen-bond donors (Lipinski definition) is 4. The van der Waals surface area contributed by atoms with Gasteiger partial charge in [-0.15, -0.1) is 12.4 Å². The second-order valence-electron chi connectivity index (χ2n) is 8.48. The highest BCUT2D eigenvalue weighted by molar-refractivity contribution is 5.89. The van der Waals surface area contributed by atoms with E-state index in [1.54, 1.807) is 0 Å². The Morgan fingerprint density at radius 3 is 2.72 bits per heavy atom. The lowest BCUT2D eigenvalue weighted by atomic mass is 9.93. The molecular formula is C23H26ClN3O5. The number of pyridine rings is 1. The van der Waals surface area contributed by atoms with E-state index in [1.165, 1.54) is 25.0 Å². The van der Waals surface area contributed by atoms with E-state index in [9.17, 15) is 14.7 Å². The predicted molar refractivity (Wildman–Crippen MR) is 123 cm³/mol. The zero-order valence-electron chi connectivity index (χ0n) is 17.7. The topological polar surface area (TPSA) is 117 Å². The summed E-state index contributed by atoms with van der Waals surface area (Å²) in [7, 11) is 2.07. The molecule has 1 aromatic carbocycles. The summed E-state index contributed by atoms with van der Waals surface area (Å²) in [6.45, 7) is 0.810. The minimum Gasteiger partial charge on any atom is -0.504 e. The number of carbonyl (C=O) groups is 1. The number of nitrogens with one attached hydrogen (secondary N) is 2. The molecule has 9 heteroatoms. The van der Waals surface area contributed by atoms with Crippen LogP contribution in [0.4, 0.5) is 4.79 Å². The summed E-state index contributed by atoms with van der Waals surface area (Å²) in [5, 5.41) is 24.2. The summed E-state index contributed by atoms with van der Waals surface area (Å²) < 4.78 is 6.74. The lowest BCUT2D eigenvalue weighted by molar-refractivity contribution is 0.142. The second kappa shape index (κ2) is 8.52. The molecule has 0 aliphatic heterocycles. The first-order valence-electron chi connectivity index (χ1n) is 10.7. The van der Waals surface area contributed by atoms with Crippen molar-refractivity contribution < 1.29 is 19.7 Å². The smallest absolute Gasteiger partial charge is 0.504 e. The minimum atomic E-state index is -1.64. The van der Waals surface area contributed by atoms with E-state index in [1.807, 2.05) is 0 Å². The zero-order valence-corrected chi connectivity index (χ0v) is 18.6. The van der Waals surface area contributed by atoms with Crippen LogP contribution >= 0.6 is 12.4 Å². The van der Waals surface area contributed by atoms with Gasteiger partial charge in [-0.3, -0.25) is 4.79 Å². The van der Waals surface area contributed by atoms with Crippen LogP contribution in [0.25, 0.3) is 22.2 Å². The largest absolute Gasteiger partial charge is 0.511 e. The van der Waals surface area contributed by atoms with E-state index in [0.717, 1.165) is 41.4 Å². The molecule has 3 aromatic rings. The number of aromatic hydroxyl groups is 1. The van der Waals surface area contributed by atoms with Gasteiger partial charge in [0, 0.05) is 47.4 Å². The van der Waals surface area contributed by atoms with Crippen molar-refractivity contribution in [3.8, 4) is 22.8 Å². The molecule has 0 saturated heterocycles. The molecule has 1 fully saturated rings. The molecule has 4 N–H and O–H groups in total. The highest BCUT2D eigenvalue weighted by atomic mass is 35.5. The van der Waals surface area contributed by atoms with Gasteiger partial charge in [0.2, 0.25) is 5.75 Å². The third-order valence-corrected chi connectivity index (χ3v) is 6.62. The van der Waals surface area contributed by atoms with Crippen LogP contribution < -0.4 is 15.6 Å². The first-order valence-corrected chi connectivity index (χ1v) is 10.7. The van der Waals surface area contributed by atoms with Crippen LogP contribution in [0.5, 0.6) is 11.5 Å². The molecule has 5 rings (SSSR count). The third kappa shape index (κ3) is 3.73. The summed E-state index contributed by atoms with van der Waals surface area (Å²) in [6.07, 6.45) is 4.19. The number of ether oxygens (including phenoxy) is 1. The first kappa shape index (κ1) is 22.2. The molecular weight excluding hydrogens is 434 g/mol. The first-order chi connectivity index (χ1) is 14.9. The molecule has 2 aliphatic rings. The van der Waals surface area contributed by atoms with Crippen molar-refractivity contribution in [1.82, 2.24) is 14.9 Å². The number of nitrogens with zero attached hydrogens (tertiary/aromatic N) is 1. The highest BCUT2D eigenvalue weighted by Gasteiger charge is 2.25. The third-order valence-electron chi connectivity index (χ3n) is 6.62. The van der Waals surface area contributed by atoms with Crippen molar-refractivity contribution in [2.24, 2.45) is 7.05 Å². The molecule has 0 spiro atoms. The lowest BCUT2D eigenvalue weighted by Gasteiger charge is -2.26. The van der Waals surface area contributed by atoms with Crippen LogP contribution in [0.3, 0.4) is 0 Å². The maximum absolute atomic E-state index is 12.5. The Kier molecular flexibility index (Phi) is 5.92. The van der Waals surface area contributed by atoms with Gasteiger partial charge < -0.3 is 29.8 Å². The number of hydrogen-bond acceptors (Lipinski definition) is 5. The van der Waals surface area contributed by atoms with Gasteiger partial charge in [0.1, 0.15) is 0 Å². The van der Waals surface area contributed by atoms with Gasteiger partial charge in [-0.05, 0) is 55.9 Å². The van der Waals surface area contributed by atoms with Gasteiger partial charge in [-0.25, -0.2) is 4.79 Å². The van der Waals surface area contributed by atoms with Gasteiger partial charge in [0.25, 0.3) is 5.56 Å². The summed E-state index contributed by atoms with van der Waals surface area (Å²) in [4.78, 5) is 26.1. The van der Waals surface area contributed by atoms with Crippen LogP contribution in [-0.2, 0) is 26.4 Å². The molecule has 2 aromatic heterocycles. The molecule has 8 nitrogen and oxygen atoms in total. The Bertz CT molecular complexity index is 1260. The van der Waals surface area contributed by atoms with Crippen molar-refractivity contribution in [3.05, 3.63) is 45.4 Å². The summed E-state index contributed by atoms with van der Waals surface area (Å²) >= 11 is 0. The zero-order chi connectivity index (χ0) is 21.7. The minimum absolute atomic E-state index is 0. The maximum Gasteiger partial charge on any atom is 0.511 e. The molecule has 1 saturated carbocycles. The molecule has 0 radical (unpaired) electrons. The number of rotatable bonds is 4. The molecule has 32 heavy (non-hydrogen) atoms. The number of aromatic nitrogens is 2. The number of carboxylic acid groups (broad SMARTS) is 1. The summed E-state index contributed by atoms with van der Waals surface area (Å²) in [5.41, 5.74) is 4.56. The van der Waals surface area contributed by atoms with Crippen molar-refractivity contribution in [3.63, 3.8) is 0 Å². The highest BCUT2D eigenvalue weighted by Crippen LogP contribution is 2.40. The van der Waals surface area contributed by atoms with E-state index < -0.39 is 23.2 Å². The van der Waals surface area contributed by atoms with Crippen molar-refractivity contribution >= 4 is 29.5 Å². The van der Waals surface area contributed by atoms with Crippen LogP contribution in [0.15, 0.2) is 23.0 Å². The summed E-state index contributed by atoms with van der Waals surface area (Å²) in [5.74, 6) is -0.965. The molecule has 0 amide bonds. The molecule has 0 unspecified atom stereocenters. The molecule has 0 bridgehead atoms. The Hall–Kier alpha value is -2.97. The maximum atomic E-state index is 12.5. The van der Waals surface area contributed by atoms with Crippen molar-refractivity contribution in [1.29, 1.82) is 0 Å². The van der Waals surface area contributed by atoms with E-state index in [-0.39, 0.29) is 12.4 Å². The standard InChI is InChI=1S/C23H25N3O5.ClH/c1-26-15(11-24-14-5-3-6-14)8-13-9-17-12(10-18(13)26)4-2-7-16-19(17)25-22(28)21(20(16)27)31-23(29)30;/h8-10,14,24H,2-7,11H2,1H3,(H,29,30)(H2,25,27,28);1H. The number of H-pyrrole nitrogens is 1. The average Bonchev–Trinajstić information content (AvgIpc) is 2.88.